The molecule has 0 aliphatic rings. The predicted octanol–water partition coefficient (Wildman–Crippen LogP) is 3.44. The van der Waals surface area contributed by atoms with Crippen LogP contribution in [-0.2, 0) is 20.7 Å². The summed E-state index contributed by atoms with van der Waals surface area (Å²) in [6.07, 6.45) is 0. The number of rotatable bonds is 3. The highest BCUT2D eigenvalue weighted by molar-refractivity contribution is 8.45. The van der Waals surface area contributed by atoms with Crippen molar-refractivity contribution in [2.45, 2.75) is 0 Å². The van der Waals surface area contributed by atoms with E-state index in [1.807, 2.05) is 0 Å². The van der Waals surface area contributed by atoms with E-state index >= 15 is 0 Å². The first-order chi connectivity index (χ1) is 10.4. The molecule has 0 heterocycles. The van der Waals surface area contributed by atoms with E-state index in [1.165, 1.54) is 15.9 Å². The van der Waals surface area contributed by atoms with E-state index in [2.05, 4.69) is 91.0 Å². The van der Waals surface area contributed by atoms with E-state index in [0.29, 0.717) is 0 Å². The van der Waals surface area contributed by atoms with Gasteiger partial charge in [0.2, 0.25) is 0 Å². The first-order valence-electron chi connectivity index (χ1n) is 6.75. The largest absolute Gasteiger partial charge is 0.0713 e. The lowest BCUT2D eigenvalue weighted by Crippen LogP contribution is -2.24. The van der Waals surface area contributed by atoms with Gasteiger partial charge < -0.3 is 0 Å². The number of hydrogen-bond donors (Lipinski definition) is 0. The van der Waals surface area contributed by atoms with Crippen LogP contribution in [0, 0.1) is 0 Å². The van der Waals surface area contributed by atoms with Crippen molar-refractivity contribution in [3.05, 3.63) is 91.0 Å². The molecule has 0 atom stereocenters. The molecule has 104 valence electrons. The zero-order valence-corrected chi connectivity index (χ0v) is 14.0. The Morgan fingerprint density at radius 1 is 0.524 bits per heavy atom. The Morgan fingerprint density at radius 3 is 1.05 bits per heavy atom. The van der Waals surface area contributed by atoms with Crippen molar-refractivity contribution >= 4 is 42.6 Å². The van der Waals surface area contributed by atoms with Crippen molar-refractivity contribution in [2.75, 3.05) is 0 Å². The molecule has 3 aromatic rings. The summed E-state index contributed by atoms with van der Waals surface area (Å²) in [5.41, 5.74) is 0. The Hall–Kier alpha value is -1.47. The van der Waals surface area contributed by atoms with Gasteiger partial charge in [-0.2, -0.15) is 0 Å². The van der Waals surface area contributed by atoms with E-state index in [4.69, 9.17) is 11.2 Å². The molecule has 21 heavy (non-hydrogen) atoms. The fraction of sp³-hybridized carbons (Fsp3) is 0. The number of benzene rings is 3. The third-order valence-corrected chi connectivity index (χ3v) is 11.4. The summed E-state index contributed by atoms with van der Waals surface area (Å²) in [5, 5.41) is 3.97. The van der Waals surface area contributed by atoms with Crippen molar-refractivity contribution in [1.82, 2.24) is 0 Å². The predicted molar refractivity (Wildman–Crippen MR) is 99.9 cm³/mol. The molecule has 0 saturated heterocycles. The van der Waals surface area contributed by atoms with E-state index in [9.17, 15) is 0 Å². The smallest absolute Gasteiger partial charge is 0.0388 e. The molecule has 0 radical (unpaired) electrons. The van der Waals surface area contributed by atoms with Crippen molar-refractivity contribution < 1.29 is 0 Å². The minimum atomic E-state index is -1.80. The topological polar surface area (TPSA) is 0 Å². The summed E-state index contributed by atoms with van der Waals surface area (Å²) >= 11 is 5.60. The third-order valence-electron chi connectivity index (χ3n) is 3.47. The van der Waals surface area contributed by atoms with E-state index in [1.54, 1.807) is 9.50 Å². The molecule has 0 N–H and O–H groups in total. The summed E-state index contributed by atoms with van der Waals surface area (Å²) in [4.78, 5) is 0. The molecule has 0 amide bonds. The van der Waals surface area contributed by atoms with Crippen LogP contribution in [0.4, 0.5) is 0 Å². The second kappa shape index (κ2) is 6.53. The first-order valence-corrected chi connectivity index (χ1v) is 10.9. The van der Waals surface area contributed by atoms with Crippen LogP contribution in [-0.4, -0.2) is 0 Å². The van der Waals surface area contributed by atoms with Crippen molar-refractivity contribution in [3.63, 3.8) is 0 Å². The van der Waals surface area contributed by atoms with Crippen LogP contribution in [0.1, 0.15) is 0 Å². The Bertz CT molecular complexity index is 689. The zero-order chi connectivity index (χ0) is 14.5. The molecule has 0 fully saturated rings. The standard InChI is InChI=1S/C18H15PS2/c20-21-19(16-10-4-1-5-11-16,17-12-6-2-7-13-17)18-14-8-3-9-15-18/h1-15H. The van der Waals surface area contributed by atoms with Gasteiger partial charge in [0.25, 0.3) is 0 Å². The fourth-order valence-corrected chi connectivity index (χ4v) is 9.61. The second-order valence-corrected chi connectivity index (χ2v) is 11.0. The van der Waals surface area contributed by atoms with Gasteiger partial charge in [-0.15, -0.1) is 0 Å². The average Bonchev–Trinajstić information content (AvgIpc) is 2.59. The van der Waals surface area contributed by atoms with Crippen molar-refractivity contribution in [2.24, 2.45) is 0 Å². The van der Waals surface area contributed by atoms with Gasteiger partial charge in [0.15, 0.2) is 0 Å². The Labute approximate surface area is 133 Å². The van der Waals surface area contributed by atoms with E-state index in [0.717, 1.165) is 0 Å². The maximum atomic E-state index is 5.60. The fourth-order valence-electron chi connectivity index (χ4n) is 2.49. The number of hydrogen-bond acceptors (Lipinski definition) is 1. The minimum absolute atomic E-state index is 1.32. The van der Waals surface area contributed by atoms with Crippen LogP contribution in [0.15, 0.2) is 91.0 Å². The summed E-state index contributed by atoms with van der Waals surface area (Å²) in [6, 6.07) is 30.2. The molecule has 3 heteroatoms. The normalized spacial score (nSPS) is 11.0. The SMILES string of the molecule is S=S=P(c1ccccc1)(c1ccccc1)c1ccccc1. The summed E-state index contributed by atoms with van der Waals surface area (Å²) < 4.78 is 0. The zero-order valence-electron chi connectivity index (χ0n) is 11.4. The first kappa shape index (κ1) is 14.5. The van der Waals surface area contributed by atoms with E-state index in [-0.39, 0.29) is 0 Å². The highest BCUT2D eigenvalue weighted by atomic mass is 32.9. The monoisotopic (exact) mass is 326 g/mol. The molecule has 0 saturated carbocycles. The summed E-state index contributed by atoms with van der Waals surface area (Å²) in [7, 11) is 1.57. The van der Waals surface area contributed by atoms with Crippen LogP contribution in [0.25, 0.3) is 0 Å². The van der Waals surface area contributed by atoms with E-state index < -0.39 is 6.04 Å². The van der Waals surface area contributed by atoms with Gasteiger partial charge in [0.05, 0.1) is 0 Å². The maximum absolute atomic E-state index is 5.60. The average molecular weight is 326 g/mol. The molecule has 0 aromatic heterocycles. The Kier molecular flexibility index (Phi) is 4.50. The van der Waals surface area contributed by atoms with Crippen molar-refractivity contribution in [3.8, 4) is 0 Å². The molecule has 3 aromatic carbocycles. The maximum Gasteiger partial charge on any atom is 0.0388 e. The van der Waals surface area contributed by atoms with Crippen LogP contribution in [0.3, 0.4) is 0 Å². The summed E-state index contributed by atoms with van der Waals surface area (Å²) in [5.74, 6) is 0. The minimum Gasteiger partial charge on any atom is -0.0713 e. The van der Waals surface area contributed by atoms with Gasteiger partial charge in [-0.1, -0.05) is 100 Å². The van der Waals surface area contributed by atoms with Gasteiger partial charge in [-0.25, -0.2) is 0 Å². The molecular weight excluding hydrogens is 311 g/mol. The van der Waals surface area contributed by atoms with Gasteiger partial charge >= 0.3 is 0 Å². The molecule has 0 nitrogen and oxygen atoms in total. The highest BCUT2D eigenvalue weighted by Gasteiger charge is 2.24. The van der Waals surface area contributed by atoms with Crippen molar-refractivity contribution in [1.29, 1.82) is 0 Å². The molecule has 0 aliphatic carbocycles. The van der Waals surface area contributed by atoms with Crippen LogP contribution in [0.5, 0.6) is 0 Å². The lowest BCUT2D eigenvalue weighted by Gasteiger charge is -2.24. The van der Waals surface area contributed by atoms with Gasteiger partial charge in [-0.3, -0.25) is 0 Å². The molecular formula is C18H15PS2. The lowest BCUT2D eigenvalue weighted by molar-refractivity contribution is 1.73. The Balaban J connectivity index is 2.38. The molecule has 0 aliphatic heterocycles. The van der Waals surface area contributed by atoms with Gasteiger partial charge in [-0.05, 0) is 27.1 Å². The Morgan fingerprint density at radius 2 is 0.810 bits per heavy atom. The molecule has 0 spiro atoms. The van der Waals surface area contributed by atoms with Crippen LogP contribution in [0.2, 0.25) is 0 Å². The van der Waals surface area contributed by atoms with Crippen LogP contribution >= 0.6 is 6.04 Å². The summed E-state index contributed by atoms with van der Waals surface area (Å²) in [6.45, 7) is 0. The highest BCUT2D eigenvalue weighted by Crippen LogP contribution is 2.43. The van der Waals surface area contributed by atoms with Gasteiger partial charge in [0, 0.05) is 6.04 Å². The lowest BCUT2D eigenvalue weighted by atomic mass is 10.4. The second-order valence-electron chi connectivity index (χ2n) is 4.69. The quantitative estimate of drug-likeness (QED) is 0.665. The van der Waals surface area contributed by atoms with Gasteiger partial charge in [0.1, 0.15) is 0 Å². The third kappa shape index (κ3) is 2.67. The van der Waals surface area contributed by atoms with Crippen LogP contribution < -0.4 is 15.9 Å². The molecule has 0 unspecified atom stereocenters. The molecule has 3 rings (SSSR count). The molecule has 0 bridgehead atoms.